The lowest BCUT2D eigenvalue weighted by Gasteiger charge is -2.07. The molecule has 152 valence electrons. The number of tetrazole rings is 1. The van der Waals surface area contributed by atoms with Crippen molar-refractivity contribution >= 4 is 42.8 Å². The molecular weight excluding hydrogens is 521 g/mol. The predicted molar refractivity (Wildman–Crippen MR) is 107 cm³/mol. The maximum Gasteiger partial charge on any atom is 0.239 e. The van der Waals surface area contributed by atoms with Gasteiger partial charge in [-0.25, -0.2) is 13.2 Å². The van der Waals surface area contributed by atoms with E-state index in [1.54, 1.807) is 12.1 Å². The van der Waals surface area contributed by atoms with Crippen molar-refractivity contribution in [2.45, 2.75) is 12.8 Å². The summed E-state index contributed by atoms with van der Waals surface area (Å²) in [5, 5.41) is 24.0. The number of H-pyrrole nitrogens is 1. The zero-order valence-corrected chi connectivity index (χ0v) is 17.8. The van der Waals surface area contributed by atoms with E-state index < -0.39 is 6.93 Å². The number of aromatic amines is 1. The Morgan fingerprint density at radius 2 is 1.72 bits per heavy atom. The van der Waals surface area contributed by atoms with Gasteiger partial charge in [0.25, 0.3) is 0 Å². The molecular formula is C18H13Br2F3N4O2. The predicted octanol–water partition coefficient (Wildman–Crippen LogP) is 5.65. The summed E-state index contributed by atoms with van der Waals surface area (Å²) in [4.78, 5) is 0. The van der Waals surface area contributed by atoms with Gasteiger partial charge in [-0.05, 0) is 91.4 Å². The molecule has 2 aromatic heterocycles. The number of nitrogens with one attached hydrogen (secondary N) is 1. The number of aryl methyl sites for hydroxylation is 2. The lowest BCUT2D eigenvalue weighted by Crippen LogP contribution is -1.95. The minimum Gasteiger partial charge on any atom is -0.506 e. The van der Waals surface area contributed by atoms with E-state index in [1.807, 2.05) is 12.1 Å². The van der Waals surface area contributed by atoms with E-state index in [-0.39, 0.29) is 11.6 Å². The van der Waals surface area contributed by atoms with Crippen LogP contribution in [0.25, 0.3) is 22.6 Å². The second-order valence-corrected chi connectivity index (χ2v) is 7.55. The first-order valence-electron chi connectivity index (χ1n) is 8.17. The smallest absolute Gasteiger partial charge is 0.239 e. The molecule has 4 rings (SSSR count). The number of furan rings is 1. The standard InChI is InChI=1S/C17H11Br2FN4O2.CH2F2/c18-11-3-8(4-12(19)16(11)25)1-2-9-6-14-10(5-13(9)20)7-15(26-14)17-21-23-24-22-17;2-1-3/h3-7,25H,1-2H2,(H,21,22,23,24);1H2. The molecule has 0 aliphatic heterocycles. The second-order valence-electron chi connectivity index (χ2n) is 5.84. The summed E-state index contributed by atoms with van der Waals surface area (Å²) >= 11 is 6.61. The van der Waals surface area contributed by atoms with Crippen LogP contribution >= 0.6 is 31.9 Å². The topological polar surface area (TPSA) is 87.8 Å². The number of hydrogen-bond acceptors (Lipinski definition) is 5. The molecule has 29 heavy (non-hydrogen) atoms. The van der Waals surface area contributed by atoms with Crippen LogP contribution in [0.5, 0.6) is 5.75 Å². The van der Waals surface area contributed by atoms with Crippen LogP contribution in [-0.4, -0.2) is 32.7 Å². The average Bonchev–Trinajstić information content (AvgIpc) is 3.34. The maximum absolute atomic E-state index is 14.4. The number of phenols is 1. The van der Waals surface area contributed by atoms with Crippen LogP contribution in [0, 0.1) is 5.82 Å². The van der Waals surface area contributed by atoms with E-state index in [1.165, 1.54) is 6.07 Å². The number of aromatic hydroxyl groups is 1. The highest BCUT2D eigenvalue weighted by atomic mass is 79.9. The second kappa shape index (κ2) is 9.40. The largest absolute Gasteiger partial charge is 0.506 e. The van der Waals surface area contributed by atoms with Crippen LogP contribution in [0.4, 0.5) is 13.2 Å². The van der Waals surface area contributed by atoms with Crippen molar-refractivity contribution in [3.8, 4) is 17.3 Å². The molecule has 0 bridgehead atoms. The minimum atomic E-state index is -1.75. The van der Waals surface area contributed by atoms with E-state index >= 15 is 0 Å². The van der Waals surface area contributed by atoms with Crippen molar-refractivity contribution in [3.05, 3.63) is 56.2 Å². The molecule has 11 heteroatoms. The van der Waals surface area contributed by atoms with E-state index in [9.17, 15) is 18.3 Å². The molecule has 0 unspecified atom stereocenters. The highest BCUT2D eigenvalue weighted by Crippen LogP contribution is 2.34. The number of aromatic nitrogens is 4. The van der Waals surface area contributed by atoms with E-state index in [0.717, 1.165) is 5.56 Å². The summed E-state index contributed by atoms with van der Waals surface area (Å²) < 4.78 is 40.6. The van der Waals surface area contributed by atoms with Crippen molar-refractivity contribution in [1.29, 1.82) is 0 Å². The average molecular weight is 534 g/mol. The van der Waals surface area contributed by atoms with E-state index in [0.29, 0.717) is 49.9 Å². The summed E-state index contributed by atoms with van der Waals surface area (Å²) in [5.41, 5.74) is 2.08. The molecule has 0 spiro atoms. The van der Waals surface area contributed by atoms with Crippen molar-refractivity contribution < 1.29 is 22.7 Å². The molecule has 0 saturated heterocycles. The summed E-state index contributed by atoms with van der Waals surface area (Å²) in [5.74, 6) is 0.597. The van der Waals surface area contributed by atoms with Gasteiger partial charge in [0, 0.05) is 5.39 Å². The molecule has 6 nitrogen and oxygen atoms in total. The number of benzene rings is 2. The lowest BCUT2D eigenvalue weighted by molar-refractivity contribution is 0.295. The van der Waals surface area contributed by atoms with Crippen LogP contribution in [0.2, 0.25) is 0 Å². The van der Waals surface area contributed by atoms with Gasteiger partial charge >= 0.3 is 0 Å². The lowest BCUT2D eigenvalue weighted by atomic mass is 10.0. The third kappa shape index (κ3) is 4.96. The molecule has 2 aromatic carbocycles. The monoisotopic (exact) mass is 532 g/mol. The summed E-state index contributed by atoms with van der Waals surface area (Å²) in [6, 6.07) is 8.45. The quantitative estimate of drug-likeness (QED) is 0.354. The third-order valence-electron chi connectivity index (χ3n) is 4.01. The SMILES string of the molecule is FCF.Oc1c(Br)cc(CCc2cc3oc(-c4nn[nH]n4)cc3cc2F)cc1Br. The Morgan fingerprint density at radius 3 is 2.34 bits per heavy atom. The highest BCUT2D eigenvalue weighted by molar-refractivity contribution is 9.11. The van der Waals surface area contributed by atoms with Crippen molar-refractivity contribution in [1.82, 2.24) is 20.6 Å². The number of alkyl halides is 2. The number of nitrogens with zero attached hydrogens (tertiary/aromatic N) is 3. The number of rotatable bonds is 4. The number of fused-ring (bicyclic) bond motifs is 1. The maximum atomic E-state index is 14.4. The summed E-state index contributed by atoms with van der Waals surface area (Å²) in [7, 11) is 0. The van der Waals surface area contributed by atoms with Crippen molar-refractivity contribution in [2.75, 3.05) is 6.93 Å². The van der Waals surface area contributed by atoms with Crippen LogP contribution < -0.4 is 0 Å². The normalized spacial score (nSPS) is 10.8. The Labute approximate surface area is 179 Å². The number of halogens is 5. The van der Waals surface area contributed by atoms with Crippen molar-refractivity contribution in [3.63, 3.8) is 0 Å². The molecule has 0 aliphatic rings. The van der Waals surface area contributed by atoms with Gasteiger partial charge < -0.3 is 9.52 Å². The molecule has 4 aromatic rings. The zero-order valence-electron chi connectivity index (χ0n) is 14.6. The fourth-order valence-corrected chi connectivity index (χ4v) is 3.99. The van der Waals surface area contributed by atoms with Crippen LogP contribution in [0.1, 0.15) is 11.1 Å². The Hall–Kier alpha value is -2.40. The van der Waals surface area contributed by atoms with Gasteiger partial charge in [-0.3, -0.25) is 0 Å². The van der Waals surface area contributed by atoms with Gasteiger partial charge in [0.2, 0.25) is 12.8 Å². The first kappa shape index (κ1) is 21.3. The Balaban J connectivity index is 0.000000755. The van der Waals surface area contributed by atoms with Crippen molar-refractivity contribution in [2.24, 2.45) is 0 Å². The fourth-order valence-electron chi connectivity index (χ4n) is 2.71. The molecule has 0 amide bonds. The van der Waals surface area contributed by atoms with Gasteiger partial charge in [0.05, 0.1) is 8.95 Å². The number of phenolic OH excluding ortho intramolecular Hbond substituents is 1. The van der Waals surface area contributed by atoms with Gasteiger partial charge in [0.15, 0.2) is 5.76 Å². The number of hydrogen-bond donors (Lipinski definition) is 2. The first-order chi connectivity index (χ1) is 13.9. The molecule has 0 atom stereocenters. The molecule has 2 heterocycles. The van der Waals surface area contributed by atoms with E-state index in [2.05, 4.69) is 52.5 Å². The molecule has 0 radical (unpaired) electrons. The highest BCUT2D eigenvalue weighted by Gasteiger charge is 2.14. The molecule has 0 fully saturated rings. The summed E-state index contributed by atoms with van der Waals surface area (Å²) in [6.07, 6.45) is 1.10. The van der Waals surface area contributed by atoms with Crippen LogP contribution in [-0.2, 0) is 12.8 Å². The summed E-state index contributed by atoms with van der Waals surface area (Å²) in [6.45, 7) is -1.75. The Morgan fingerprint density at radius 1 is 1.03 bits per heavy atom. The molecule has 2 N–H and O–H groups in total. The Bertz CT molecular complexity index is 1100. The zero-order chi connectivity index (χ0) is 21.0. The van der Waals surface area contributed by atoms with Crippen LogP contribution in [0.3, 0.4) is 0 Å². The molecule has 0 saturated carbocycles. The van der Waals surface area contributed by atoms with Gasteiger partial charge in [0.1, 0.15) is 17.1 Å². The van der Waals surface area contributed by atoms with E-state index in [4.69, 9.17) is 4.42 Å². The fraction of sp³-hybridized carbons (Fsp3) is 0.167. The van der Waals surface area contributed by atoms with Gasteiger partial charge in [-0.15, -0.1) is 10.2 Å². The third-order valence-corrected chi connectivity index (χ3v) is 5.22. The molecule has 0 aliphatic carbocycles. The first-order valence-corrected chi connectivity index (χ1v) is 9.76. The Kier molecular flexibility index (Phi) is 6.91. The minimum absolute atomic E-state index is 0.144. The van der Waals surface area contributed by atoms with Crippen LogP contribution in [0.15, 0.2) is 43.7 Å². The van der Waals surface area contributed by atoms with Gasteiger partial charge in [-0.1, -0.05) is 0 Å². The van der Waals surface area contributed by atoms with Gasteiger partial charge in [-0.2, -0.15) is 5.21 Å².